The second-order valence-electron chi connectivity index (χ2n) is 5.93. The van der Waals surface area contributed by atoms with Crippen molar-refractivity contribution in [2.75, 3.05) is 19.5 Å². The number of anilines is 2. The summed E-state index contributed by atoms with van der Waals surface area (Å²) in [6, 6.07) is 16.2. The highest BCUT2D eigenvalue weighted by molar-refractivity contribution is 6.32. The molecule has 7 heteroatoms. The largest absolute Gasteiger partial charge is 0.497 e. The van der Waals surface area contributed by atoms with Crippen molar-refractivity contribution in [2.45, 2.75) is 6.54 Å². The summed E-state index contributed by atoms with van der Waals surface area (Å²) < 4.78 is 10.3. The molecular weight excluding hydrogens is 378 g/mol. The number of halogens is 1. The topological polar surface area (TPSA) is 72.5 Å². The summed E-state index contributed by atoms with van der Waals surface area (Å²) in [6.07, 6.45) is 1.58. The lowest BCUT2D eigenvalue weighted by atomic mass is 10.2. The van der Waals surface area contributed by atoms with E-state index in [0.29, 0.717) is 28.7 Å². The van der Waals surface area contributed by atoms with Crippen molar-refractivity contribution in [3.8, 4) is 11.5 Å². The van der Waals surface area contributed by atoms with E-state index >= 15 is 0 Å². The number of amides is 1. The Morgan fingerprint density at radius 3 is 2.50 bits per heavy atom. The summed E-state index contributed by atoms with van der Waals surface area (Å²) in [5.74, 6) is 1.72. The van der Waals surface area contributed by atoms with Gasteiger partial charge >= 0.3 is 0 Å². The van der Waals surface area contributed by atoms with Crippen LogP contribution >= 0.6 is 11.6 Å². The second-order valence-corrected chi connectivity index (χ2v) is 6.34. The minimum absolute atomic E-state index is 0.186. The Hall–Kier alpha value is -3.25. The molecular formula is C21H20ClN3O3. The molecule has 144 valence electrons. The van der Waals surface area contributed by atoms with Crippen molar-refractivity contribution in [1.29, 1.82) is 0 Å². The maximum Gasteiger partial charge on any atom is 0.251 e. The monoisotopic (exact) mass is 397 g/mol. The van der Waals surface area contributed by atoms with Crippen LogP contribution < -0.4 is 20.1 Å². The molecule has 0 saturated heterocycles. The molecule has 0 saturated carbocycles. The molecule has 0 atom stereocenters. The number of rotatable bonds is 7. The van der Waals surface area contributed by atoms with E-state index in [4.69, 9.17) is 21.1 Å². The number of pyridine rings is 1. The van der Waals surface area contributed by atoms with E-state index in [9.17, 15) is 4.79 Å². The fourth-order valence-corrected chi connectivity index (χ4v) is 2.82. The Bertz CT molecular complexity index is 961. The molecule has 0 aliphatic heterocycles. The molecule has 2 aromatic carbocycles. The zero-order chi connectivity index (χ0) is 19.9. The fourth-order valence-electron chi connectivity index (χ4n) is 2.56. The average molecular weight is 398 g/mol. The lowest BCUT2D eigenvalue weighted by Gasteiger charge is -2.10. The van der Waals surface area contributed by atoms with Crippen LogP contribution in [0.3, 0.4) is 0 Å². The number of carbonyl (C=O) groups is 1. The predicted molar refractivity (Wildman–Crippen MR) is 110 cm³/mol. The van der Waals surface area contributed by atoms with Crippen molar-refractivity contribution >= 4 is 29.0 Å². The lowest BCUT2D eigenvalue weighted by molar-refractivity contribution is 0.0951. The summed E-state index contributed by atoms with van der Waals surface area (Å²) in [5, 5.41) is 6.51. The molecule has 0 bridgehead atoms. The quantitative estimate of drug-likeness (QED) is 0.617. The van der Waals surface area contributed by atoms with Crippen molar-refractivity contribution in [2.24, 2.45) is 0 Å². The lowest BCUT2D eigenvalue weighted by Crippen LogP contribution is -2.22. The average Bonchev–Trinajstić information content (AvgIpc) is 2.72. The number of hydrogen-bond acceptors (Lipinski definition) is 5. The first-order valence-corrected chi connectivity index (χ1v) is 8.94. The van der Waals surface area contributed by atoms with Crippen LogP contribution in [-0.4, -0.2) is 25.1 Å². The van der Waals surface area contributed by atoms with Gasteiger partial charge < -0.3 is 20.1 Å². The van der Waals surface area contributed by atoms with E-state index < -0.39 is 0 Å². The first-order chi connectivity index (χ1) is 13.6. The molecule has 3 aromatic rings. The summed E-state index contributed by atoms with van der Waals surface area (Å²) in [6.45, 7) is 0.419. The number of hydrogen-bond donors (Lipinski definition) is 2. The number of methoxy groups -OCH3 is 2. The minimum Gasteiger partial charge on any atom is -0.497 e. The number of nitrogens with one attached hydrogen (secondary N) is 2. The van der Waals surface area contributed by atoms with Gasteiger partial charge in [0, 0.05) is 24.0 Å². The summed E-state index contributed by atoms with van der Waals surface area (Å²) >= 11 is 6.14. The number of aromatic nitrogens is 1. The fraction of sp³-hybridized carbons (Fsp3) is 0.143. The highest BCUT2D eigenvalue weighted by atomic mass is 35.5. The first kappa shape index (κ1) is 19.5. The predicted octanol–water partition coefficient (Wildman–Crippen LogP) is 4.43. The number of nitrogens with zero attached hydrogens (tertiary/aromatic N) is 1. The Kier molecular flexibility index (Phi) is 6.34. The van der Waals surface area contributed by atoms with Gasteiger partial charge in [-0.2, -0.15) is 0 Å². The van der Waals surface area contributed by atoms with Crippen molar-refractivity contribution in [1.82, 2.24) is 10.3 Å². The molecule has 0 fully saturated rings. The van der Waals surface area contributed by atoms with Crippen LogP contribution in [0.1, 0.15) is 15.9 Å². The van der Waals surface area contributed by atoms with Crippen molar-refractivity contribution in [3.05, 3.63) is 76.9 Å². The van der Waals surface area contributed by atoms with E-state index in [0.717, 1.165) is 17.0 Å². The zero-order valence-electron chi connectivity index (χ0n) is 15.5. The maximum atomic E-state index is 12.5. The van der Waals surface area contributed by atoms with Crippen LogP contribution in [0.15, 0.2) is 60.8 Å². The molecule has 1 amide bonds. The smallest absolute Gasteiger partial charge is 0.251 e. The maximum absolute atomic E-state index is 12.5. The Labute approximate surface area is 168 Å². The molecule has 28 heavy (non-hydrogen) atoms. The third-order valence-corrected chi connectivity index (χ3v) is 4.35. The molecule has 0 aliphatic carbocycles. The highest BCUT2D eigenvalue weighted by Gasteiger charge is 2.08. The van der Waals surface area contributed by atoms with Gasteiger partial charge in [-0.1, -0.05) is 23.7 Å². The molecule has 0 radical (unpaired) electrons. The van der Waals surface area contributed by atoms with Gasteiger partial charge in [-0.15, -0.1) is 0 Å². The van der Waals surface area contributed by atoms with Crippen molar-refractivity contribution in [3.63, 3.8) is 0 Å². The number of benzene rings is 2. The normalized spacial score (nSPS) is 10.2. The molecule has 1 heterocycles. The molecule has 1 aromatic heterocycles. The third kappa shape index (κ3) is 4.92. The highest BCUT2D eigenvalue weighted by Crippen LogP contribution is 2.28. The summed E-state index contributed by atoms with van der Waals surface area (Å²) in [5.41, 5.74) is 2.23. The van der Waals surface area contributed by atoms with E-state index in [2.05, 4.69) is 15.6 Å². The van der Waals surface area contributed by atoms with Crippen molar-refractivity contribution < 1.29 is 14.3 Å². The molecule has 2 N–H and O–H groups in total. The third-order valence-electron chi connectivity index (χ3n) is 4.06. The molecule has 0 spiro atoms. The van der Waals surface area contributed by atoms with E-state index in [-0.39, 0.29) is 5.91 Å². The van der Waals surface area contributed by atoms with Gasteiger partial charge in [0.15, 0.2) is 0 Å². The molecule has 0 unspecified atom stereocenters. The first-order valence-electron chi connectivity index (χ1n) is 8.57. The molecule has 6 nitrogen and oxygen atoms in total. The Morgan fingerprint density at radius 2 is 1.82 bits per heavy atom. The number of carbonyl (C=O) groups excluding carboxylic acids is 1. The van der Waals surface area contributed by atoms with Crippen LogP contribution in [0.25, 0.3) is 0 Å². The number of ether oxygens (including phenoxy) is 2. The van der Waals surface area contributed by atoms with E-state index in [1.807, 2.05) is 30.3 Å². The molecule has 3 rings (SSSR count). The van der Waals surface area contributed by atoms with Crippen LogP contribution in [0, 0.1) is 0 Å². The molecule has 0 aliphatic rings. The van der Waals surface area contributed by atoms with Gasteiger partial charge in [-0.05, 0) is 48.0 Å². The SMILES string of the molecule is COc1ccc(CNC(=O)c2ccnc(Nc3ccc(OC)c(Cl)c3)c2)cc1. The van der Waals surface area contributed by atoms with Crippen LogP contribution in [0.5, 0.6) is 11.5 Å². The summed E-state index contributed by atoms with van der Waals surface area (Å²) in [4.78, 5) is 16.7. The Morgan fingerprint density at radius 1 is 1.04 bits per heavy atom. The van der Waals surface area contributed by atoms with Gasteiger partial charge in [0.05, 0.1) is 19.2 Å². The van der Waals surface area contributed by atoms with Gasteiger partial charge in [-0.25, -0.2) is 4.98 Å². The summed E-state index contributed by atoms with van der Waals surface area (Å²) in [7, 11) is 3.18. The van der Waals surface area contributed by atoms with Gasteiger partial charge in [-0.3, -0.25) is 4.79 Å². The van der Waals surface area contributed by atoms with Gasteiger partial charge in [0.25, 0.3) is 5.91 Å². The second kappa shape index (κ2) is 9.10. The van der Waals surface area contributed by atoms with Gasteiger partial charge in [0.2, 0.25) is 0 Å². The van der Waals surface area contributed by atoms with E-state index in [1.165, 1.54) is 0 Å². The van der Waals surface area contributed by atoms with E-state index in [1.54, 1.807) is 44.7 Å². The standard InChI is InChI=1S/C21H20ClN3O3/c1-27-17-6-3-14(4-7-17)13-24-21(26)15-9-10-23-20(11-15)25-16-5-8-19(28-2)18(22)12-16/h3-12H,13H2,1-2H3,(H,23,25)(H,24,26). The Balaban J connectivity index is 1.64. The van der Waals surface area contributed by atoms with Crippen LogP contribution in [-0.2, 0) is 6.54 Å². The van der Waals surface area contributed by atoms with Crippen LogP contribution in [0.4, 0.5) is 11.5 Å². The van der Waals surface area contributed by atoms with Gasteiger partial charge in [0.1, 0.15) is 17.3 Å². The zero-order valence-corrected chi connectivity index (χ0v) is 16.3. The van der Waals surface area contributed by atoms with Crippen LogP contribution in [0.2, 0.25) is 5.02 Å². The minimum atomic E-state index is -0.186.